The summed E-state index contributed by atoms with van der Waals surface area (Å²) >= 11 is 12.1. The minimum atomic E-state index is -0.360. The lowest BCUT2D eigenvalue weighted by atomic mass is 9.84. The summed E-state index contributed by atoms with van der Waals surface area (Å²) in [6.07, 6.45) is 0. The molecule has 0 saturated heterocycles. The van der Waals surface area contributed by atoms with Crippen LogP contribution in [0.5, 0.6) is 11.5 Å². The van der Waals surface area contributed by atoms with Crippen LogP contribution in [0.2, 0.25) is 10.0 Å². The van der Waals surface area contributed by atoms with E-state index in [0.29, 0.717) is 33.7 Å². The number of halogens is 2. The van der Waals surface area contributed by atoms with Crippen molar-refractivity contribution in [3.05, 3.63) is 57.6 Å². The molecule has 0 atom stereocenters. The van der Waals surface area contributed by atoms with Crippen LogP contribution in [0.15, 0.2) is 36.4 Å². The van der Waals surface area contributed by atoms with Gasteiger partial charge in [-0.3, -0.25) is 9.59 Å². The first-order valence-corrected chi connectivity index (χ1v) is 10.6. The Kier molecular flexibility index (Phi) is 8.60. The van der Waals surface area contributed by atoms with Crippen molar-refractivity contribution in [2.45, 2.75) is 39.2 Å². The van der Waals surface area contributed by atoms with E-state index < -0.39 is 0 Å². The summed E-state index contributed by atoms with van der Waals surface area (Å²) in [4.78, 5) is 24.5. The third-order valence-corrected chi connectivity index (χ3v) is 5.37. The Balaban J connectivity index is 2.04. The second-order valence-corrected chi connectivity index (χ2v) is 8.89. The molecule has 2 N–H and O–H groups in total. The van der Waals surface area contributed by atoms with Crippen molar-refractivity contribution in [3.63, 3.8) is 0 Å². The zero-order valence-corrected chi connectivity index (χ0v) is 19.9. The first-order chi connectivity index (χ1) is 14.5. The van der Waals surface area contributed by atoms with E-state index in [1.54, 1.807) is 30.3 Å². The predicted molar refractivity (Wildman–Crippen MR) is 124 cm³/mol. The molecule has 0 fully saturated rings. The Morgan fingerprint density at radius 3 is 2.35 bits per heavy atom. The second kappa shape index (κ2) is 10.7. The summed E-state index contributed by atoms with van der Waals surface area (Å²) in [7, 11) is 1.48. The highest BCUT2D eigenvalue weighted by Gasteiger charge is 2.23. The summed E-state index contributed by atoms with van der Waals surface area (Å²) in [5.74, 6) is 0.266. The molecular formula is C23H28Cl2N2O4. The van der Waals surface area contributed by atoms with Gasteiger partial charge in [-0.05, 0) is 49.7 Å². The van der Waals surface area contributed by atoms with Crippen LogP contribution in [0.25, 0.3) is 0 Å². The van der Waals surface area contributed by atoms with Gasteiger partial charge in [0.25, 0.3) is 11.8 Å². The molecule has 168 valence electrons. The van der Waals surface area contributed by atoms with Crippen molar-refractivity contribution in [1.29, 1.82) is 0 Å². The first kappa shape index (κ1) is 24.8. The molecule has 0 bridgehead atoms. The van der Waals surface area contributed by atoms with Gasteiger partial charge >= 0.3 is 0 Å². The van der Waals surface area contributed by atoms with Gasteiger partial charge in [0.15, 0.2) is 18.1 Å². The van der Waals surface area contributed by atoms with Crippen LogP contribution in [0.4, 0.5) is 0 Å². The fraction of sp³-hybridized carbons (Fsp3) is 0.391. The highest BCUT2D eigenvalue weighted by molar-refractivity contribution is 6.42. The number of hydrogen-bond donors (Lipinski definition) is 2. The van der Waals surface area contributed by atoms with Crippen LogP contribution in [-0.2, 0) is 10.2 Å². The second-order valence-electron chi connectivity index (χ2n) is 8.07. The van der Waals surface area contributed by atoms with Crippen molar-refractivity contribution in [1.82, 2.24) is 10.6 Å². The maximum Gasteiger partial charge on any atom is 0.258 e. The van der Waals surface area contributed by atoms with Gasteiger partial charge in [0, 0.05) is 23.6 Å². The number of carbonyl (C=O) groups is 2. The Labute approximate surface area is 193 Å². The molecule has 0 aromatic heterocycles. The van der Waals surface area contributed by atoms with E-state index in [1.807, 2.05) is 33.8 Å². The molecule has 0 spiro atoms. The van der Waals surface area contributed by atoms with Crippen molar-refractivity contribution >= 4 is 35.0 Å². The van der Waals surface area contributed by atoms with Crippen molar-refractivity contribution in [2.24, 2.45) is 0 Å². The number of methoxy groups -OCH3 is 1. The number of rotatable bonds is 9. The van der Waals surface area contributed by atoms with E-state index in [4.69, 9.17) is 32.7 Å². The monoisotopic (exact) mass is 466 g/mol. The lowest BCUT2D eigenvalue weighted by molar-refractivity contribution is -0.123. The Bertz CT molecular complexity index is 945. The van der Waals surface area contributed by atoms with Gasteiger partial charge in [-0.25, -0.2) is 0 Å². The van der Waals surface area contributed by atoms with Gasteiger partial charge in [-0.1, -0.05) is 43.1 Å². The smallest absolute Gasteiger partial charge is 0.258 e. The van der Waals surface area contributed by atoms with Crippen LogP contribution < -0.4 is 20.1 Å². The van der Waals surface area contributed by atoms with Crippen LogP contribution in [-0.4, -0.2) is 38.1 Å². The van der Waals surface area contributed by atoms with Crippen LogP contribution in [0, 0.1) is 0 Å². The molecule has 0 aliphatic heterocycles. The number of carbonyl (C=O) groups excluding carboxylic acids is 2. The van der Waals surface area contributed by atoms with E-state index in [-0.39, 0.29) is 29.9 Å². The Morgan fingerprint density at radius 2 is 1.74 bits per heavy atom. The maximum absolute atomic E-state index is 12.7. The quantitative estimate of drug-likeness (QED) is 0.565. The molecule has 31 heavy (non-hydrogen) atoms. The zero-order chi connectivity index (χ0) is 23.2. The highest BCUT2D eigenvalue weighted by Crippen LogP contribution is 2.30. The third kappa shape index (κ3) is 7.04. The Hall–Kier alpha value is -2.44. The van der Waals surface area contributed by atoms with E-state index >= 15 is 0 Å². The molecule has 0 aliphatic rings. The number of ether oxygens (including phenoxy) is 2. The lowest BCUT2D eigenvalue weighted by Crippen LogP contribution is -2.36. The standard InChI is InChI=1S/C23H28Cl2N2O4/c1-14(2)27-21(28)12-31-19-9-6-15(10-20(19)30-5)22(29)26-13-23(3,4)16-7-8-17(24)18(25)11-16/h6-11,14H,12-13H2,1-5H3,(H,26,29)(H,27,28). The molecule has 0 heterocycles. The molecular weight excluding hydrogens is 439 g/mol. The van der Waals surface area contributed by atoms with Gasteiger partial charge < -0.3 is 20.1 Å². The van der Waals surface area contributed by atoms with Crippen molar-refractivity contribution in [3.8, 4) is 11.5 Å². The summed E-state index contributed by atoms with van der Waals surface area (Å²) in [5.41, 5.74) is 1.02. The molecule has 2 rings (SSSR count). The summed E-state index contributed by atoms with van der Waals surface area (Å²) in [6.45, 7) is 8.00. The minimum absolute atomic E-state index is 0.0252. The zero-order valence-electron chi connectivity index (χ0n) is 18.3. The topological polar surface area (TPSA) is 76.7 Å². The number of nitrogens with one attached hydrogen (secondary N) is 2. The van der Waals surface area contributed by atoms with Gasteiger partial charge in [0.2, 0.25) is 0 Å². The summed E-state index contributed by atoms with van der Waals surface area (Å²) in [6, 6.07) is 10.3. The fourth-order valence-electron chi connectivity index (χ4n) is 2.86. The molecule has 0 unspecified atom stereocenters. The average molecular weight is 467 g/mol. The van der Waals surface area contributed by atoms with E-state index in [0.717, 1.165) is 5.56 Å². The molecule has 8 heteroatoms. The largest absolute Gasteiger partial charge is 0.493 e. The SMILES string of the molecule is COc1cc(C(=O)NCC(C)(C)c2ccc(Cl)c(Cl)c2)ccc1OCC(=O)NC(C)C. The molecule has 2 aromatic rings. The van der Waals surface area contributed by atoms with Crippen LogP contribution >= 0.6 is 23.2 Å². The van der Waals surface area contributed by atoms with Crippen LogP contribution in [0.3, 0.4) is 0 Å². The van der Waals surface area contributed by atoms with Crippen molar-refractivity contribution < 1.29 is 19.1 Å². The number of amides is 2. The lowest BCUT2D eigenvalue weighted by Gasteiger charge is -2.26. The number of benzene rings is 2. The van der Waals surface area contributed by atoms with Gasteiger partial charge in [0.1, 0.15) is 0 Å². The molecule has 6 nitrogen and oxygen atoms in total. The van der Waals surface area contributed by atoms with E-state index in [2.05, 4.69) is 10.6 Å². The molecule has 2 aromatic carbocycles. The van der Waals surface area contributed by atoms with Gasteiger partial charge in [0.05, 0.1) is 17.2 Å². The summed E-state index contributed by atoms with van der Waals surface area (Å²) in [5, 5.41) is 6.65. The molecule has 0 aliphatic carbocycles. The minimum Gasteiger partial charge on any atom is -0.493 e. The predicted octanol–water partition coefficient (Wildman–Crippen LogP) is 4.61. The third-order valence-electron chi connectivity index (χ3n) is 4.63. The van der Waals surface area contributed by atoms with Gasteiger partial charge in [-0.2, -0.15) is 0 Å². The van der Waals surface area contributed by atoms with Crippen LogP contribution in [0.1, 0.15) is 43.6 Å². The fourth-order valence-corrected chi connectivity index (χ4v) is 3.16. The van der Waals surface area contributed by atoms with E-state index in [9.17, 15) is 9.59 Å². The number of hydrogen-bond acceptors (Lipinski definition) is 4. The van der Waals surface area contributed by atoms with E-state index in [1.165, 1.54) is 7.11 Å². The molecule has 0 radical (unpaired) electrons. The normalized spacial score (nSPS) is 11.2. The first-order valence-electron chi connectivity index (χ1n) is 9.87. The summed E-state index contributed by atoms with van der Waals surface area (Å²) < 4.78 is 10.9. The maximum atomic E-state index is 12.7. The van der Waals surface area contributed by atoms with Gasteiger partial charge in [-0.15, -0.1) is 0 Å². The molecule has 0 saturated carbocycles. The highest BCUT2D eigenvalue weighted by atomic mass is 35.5. The Morgan fingerprint density at radius 1 is 1.03 bits per heavy atom. The molecule has 2 amide bonds. The van der Waals surface area contributed by atoms with Crippen molar-refractivity contribution in [2.75, 3.05) is 20.3 Å². The average Bonchev–Trinajstić information content (AvgIpc) is 2.71.